The molecule has 2 N–H and O–H groups in total. The Bertz CT molecular complexity index is 743. The van der Waals surface area contributed by atoms with Gasteiger partial charge in [-0.2, -0.15) is 0 Å². The second kappa shape index (κ2) is 9.30. The Morgan fingerprint density at radius 2 is 1.52 bits per heavy atom. The average Bonchev–Trinajstić information content (AvgIpc) is 2.70. The zero-order valence-corrected chi connectivity index (χ0v) is 15.6. The van der Waals surface area contributed by atoms with Gasteiger partial charge in [-0.25, -0.2) is 5.01 Å². The number of hydrazine groups is 1. The molecule has 6 heteroatoms. The number of likely N-dealkylation sites (N-methyl/N-ethyl adjacent to an activating group) is 1. The molecule has 0 radical (unpaired) electrons. The van der Waals surface area contributed by atoms with Crippen LogP contribution in [0, 0.1) is 0 Å². The lowest BCUT2D eigenvalue weighted by Crippen LogP contribution is -2.57. The van der Waals surface area contributed by atoms with E-state index in [9.17, 15) is 9.59 Å². The smallest absolute Gasteiger partial charge is 0.257 e. The molecule has 1 atom stereocenters. The van der Waals surface area contributed by atoms with E-state index in [1.165, 1.54) is 0 Å². The number of nitrogens with one attached hydrogen (secondary N) is 2. The van der Waals surface area contributed by atoms with E-state index in [0.717, 1.165) is 31.7 Å². The van der Waals surface area contributed by atoms with Crippen LogP contribution in [-0.2, 0) is 11.2 Å². The molecule has 0 bridgehead atoms. The number of piperazine rings is 1. The number of hydrogen-bond donors (Lipinski definition) is 2. The number of nitrogens with zero attached hydrogens (tertiary/aromatic N) is 2. The van der Waals surface area contributed by atoms with Crippen LogP contribution >= 0.6 is 0 Å². The first-order valence-electron chi connectivity index (χ1n) is 9.25. The predicted molar refractivity (Wildman–Crippen MR) is 105 cm³/mol. The van der Waals surface area contributed by atoms with E-state index in [4.69, 9.17) is 0 Å². The maximum atomic E-state index is 12.9. The highest BCUT2D eigenvalue weighted by Gasteiger charge is 2.24. The Hall–Kier alpha value is -2.70. The first-order chi connectivity index (χ1) is 13.1. The summed E-state index contributed by atoms with van der Waals surface area (Å²) in [5.74, 6) is -0.433. The van der Waals surface area contributed by atoms with Gasteiger partial charge in [-0.15, -0.1) is 0 Å². The summed E-state index contributed by atoms with van der Waals surface area (Å²) in [6, 6.07) is 18.1. The van der Waals surface area contributed by atoms with Crippen molar-refractivity contribution in [1.29, 1.82) is 0 Å². The van der Waals surface area contributed by atoms with Crippen LogP contribution in [0.3, 0.4) is 0 Å². The van der Waals surface area contributed by atoms with E-state index in [-0.39, 0.29) is 11.8 Å². The highest BCUT2D eigenvalue weighted by molar-refractivity contribution is 5.97. The summed E-state index contributed by atoms with van der Waals surface area (Å²) in [5, 5.41) is 4.82. The Morgan fingerprint density at radius 1 is 0.926 bits per heavy atom. The van der Waals surface area contributed by atoms with Crippen molar-refractivity contribution in [3.05, 3.63) is 71.8 Å². The summed E-state index contributed by atoms with van der Waals surface area (Å²) >= 11 is 0. The summed E-state index contributed by atoms with van der Waals surface area (Å²) in [4.78, 5) is 27.7. The molecule has 6 nitrogen and oxygen atoms in total. The standard InChI is InChI=1S/C21H26N4O2/c1-24-12-14-25(15-13-24)23-21(27)19(16-17-8-4-2-5-9-17)22-20(26)18-10-6-3-7-11-18/h2-11,19H,12-16H2,1H3,(H,22,26)(H,23,27)/t19-/m0/s1. The van der Waals surface area contributed by atoms with Crippen LogP contribution in [0.5, 0.6) is 0 Å². The van der Waals surface area contributed by atoms with Gasteiger partial charge in [-0.1, -0.05) is 48.5 Å². The van der Waals surface area contributed by atoms with Gasteiger partial charge in [0.2, 0.25) is 0 Å². The number of benzene rings is 2. The molecule has 0 aliphatic carbocycles. The van der Waals surface area contributed by atoms with Gasteiger partial charge in [-0.3, -0.25) is 15.0 Å². The lowest BCUT2D eigenvalue weighted by atomic mass is 10.0. The van der Waals surface area contributed by atoms with Gasteiger partial charge in [0.15, 0.2) is 0 Å². The molecule has 1 aliphatic heterocycles. The monoisotopic (exact) mass is 366 g/mol. The number of carbonyl (C=O) groups excluding carboxylic acids is 2. The summed E-state index contributed by atoms with van der Waals surface area (Å²) in [5.41, 5.74) is 4.52. The Labute approximate surface area is 160 Å². The van der Waals surface area contributed by atoms with Crippen molar-refractivity contribution >= 4 is 11.8 Å². The molecule has 1 fully saturated rings. The van der Waals surface area contributed by atoms with Crippen LogP contribution in [0.4, 0.5) is 0 Å². The molecule has 27 heavy (non-hydrogen) atoms. The maximum Gasteiger partial charge on any atom is 0.257 e. The fraction of sp³-hybridized carbons (Fsp3) is 0.333. The van der Waals surface area contributed by atoms with Crippen molar-refractivity contribution in [3.8, 4) is 0 Å². The number of rotatable bonds is 6. The fourth-order valence-electron chi connectivity index (χ4n) is 3.04. The van der Waals surface area contributed by atoms with Gasteiger partial charge in [-0.05, 0) is 24.7 Å². The first kappa shape index (κ1) is 19.1. The minimum Gasteiger partial charge on any atom is -0.340 e. The largest absolute Gasteiger partial charge is 0.340 e. The van der Waals surface area contributed by atoms with E-state index in [0.29, 0.717) is 12.0 Å². The minimum absolute atomic E-state index is 0.187. The predicted octanol–water partition coefficient (Wildman–Crippen LogP) is 1.31. The first-order valence-corrected chi connectivity index (χ1v) is 9.25. The third-order valence-corrected chi connectivity index (χ3v) is 4.71. The van der Waals surface area contributed by atoms with Gasteiger partial charge in [0.1, 0.15) is 6.04 Å². The summed E-state index contributed by atoms with van der Waals surface area (Å²) in [6.07, 6.45) is 0.443. The fourth-order valence-corrected chi connectivity index (χ4v) is 3.04. The van der Waals surface area contributed by atoms with Crippen LogP contribution in [0.15, 0.2) is 60.7 Å². The lowest BCUT2D eigenvalue weighted by Gasteiger charge is -2.33. The van der Waals surface area contributed by atoms with Crippen molar-refractivity contribution in [3.63, 3.8) is 0 Å². The number of carbonyl (C=O) groups is 2. The second-order valence-electron chi connectivity index (χ2n) is 6.85. The van der Waals surface area contributed by atoms with Crippen LogP contribution in [-0.4, -0.2) is 61.0 Å². The number of hydrogen-bond acceptors (Lipinski definition) is 4. The summed E-state index contributed by atoms with van der Waals surface area (Å²) < 4.78 is 0. The molecule has 142 valence electrons. The topological polar surface area (TPSA) is 64.7 Å². The molecule has 0 spiro atoms. The van der Waals surface area contributed by atoms with Gasteiger partial charge >= 0.3 is 0 Å². The number of amides is 2. The van der Waals surface area contributed by atoms with E-state index in [2.05, 4.69) is 22.7 Å². The highest BCUT2D eigenvalue weighted by atomic mass is 16.2. The third kappa shape index (κ3) is 5.64. The van der Waals surface area contributed by atoms with E-state index < -0.39 is 6.04 Å². The molecular formula is C21H26N4O2. The Morgan fingerprint density at radius 3 is 2.15 bits per heavy atom. The molecule has 0 unspecified atom stereocenters. The third-order valence-electron chi connectivity index (χ3n) is 4.71. The normalized spacial score (nSPS) is 16.5. The second-order valence-corrected chi connectivity index (χ2v) is 6.85. The minimum atomic E-state index is -0.639. The quantitative estimate of drug-likeness (QED) is 0.809. The SMILES string of the molecule is CN1CCN(NC(=O)[C@H](Cc2ccccc2)NC(=O)c2ccccc2)CC1. The zero-order chi connectivity index (χ0) is 19.1. The van der Waals surface area contributed by atoms with E-state index in [1.54, 1.807) is 12.1 Å². The van der Waals surface area contributed by atoms with Crippen molar-refractivity contribution in [2.75, 3.05) is 33.2 Å². The van der Waals surface area contributed by atoms with Crippen molar-refractivity contribution in [1.82, 2.24) is 20.7 Å². The van der Waals surface area contributed by atoms with Crippen LogP contribution in [0.25, 0.3) is 0 Å². The molecule has 1 heterocycles. The Kier molecular flexibility index (Phi) is 6.57. The van der Waals surface area contributed by atoms with Crippen molar-refractivity contribution < 1.29 is 9.59 Å². The van der Waals surface area contributed by atoms with Crippen molar-refractivity contribution in [2.24, 2.45) is 0 Å². The summed E-state index contributed by atoms with van der Waals surface area (Å²) in [7, 11) is 2.07. The maximum absolute atomic E-state index is 12.9. The molecule has 1 aliphatic rings. The van der Waals surface area contributed by atoms with Crippen LogP contribution in [0.2, 0.25) is 0 Å². The van der Waals surface area contributed by atoms with E-state index in [1.807, 2.05) is 53.5 Å². The summed E-state index contributed by atoms with van der Waals surface area (Å²) in [6.45, 7) is 3.35. The van der Waals surface area contributed by atoms with Gasteiger partial charge < -0.3 is 10.2 Å². The molecule has 1 saturated heterocycles. The van der Waals surface area contributed by atoms with Crippen LogP contribution in [0.1, 0.15) is 15.9 Å². The average molecular weight is 366 g/mol. The molecule has 2 aromatic rings. The molecule has 0 aromatic heterocycles. The molecule has 2 aromatic carbocycles. The molecule has 3 rings (SSSR count). The lowest BCUT2D eigenvalue weighted by molar-refractivity contribution is -0.128. The zero-order valence-electron chi connectivity index (χ0n) is 15.6. The molecule has 0 saturated carbocycles. The van der Waals surface area contributed by atoms with Crippen molar-refractivity contribution in [2.45, 2.75) is 12.5 Å². The molecule has 2 amide bonds. The van der Waals surface area contributed by atoms with E-state index >= 15 is 0 Å². The molecular weight excluding hydrogens is 340 g/mol. The van der Waals surface area contributed by atoms with Gasteiger partial charge in [0.05, 0.1) is 0 Å². The van der Waals surface area contributed by atoms with Crippen LogP contribution < -0.4 is 10.7 Å². The highest BCUT2D eigenvalue weighted by Crippen LogP contribution is 2.06. The van der Waals surface area contributed by atoms with Gasteiger partial charge in [0, 0.05) is 38.2 Å². The Balaban J connectivity index is 1.68. The van der Waals surface area contributed by atoms with Gasteiger partial charge in [0.25, 0.3) is 11.8 Å².